The highest BCUT2D eigenvalue weighted by molar-refractivity contribution is 5.51. The second kappa shape index (κ2) is 8.61. The van der Waals surface area contributed by atoms with Crippen LogP contribution in [0.15, 0.2) is 24.3 Å². The van der Waals surface area contributed by atoms with E-state index in [0.29, 0.717) is 5.92 Å². The predicted molar refractivity (Wildman–Crippen MR) is 97.8 cm³/mol. The molecule has 3 rings (SSSR count). The minimum absolute atomic E-state index is 0.141. The van der Waals surface area contributed by atoms with Crippen molar-refractivity contribution in [3.8, 4) is 0 Å². The van der Waals surface area contributed by atoms with Gasteiger partial charge in [-0.05, 0) is 43.7 Å². The first-order valence-corrected chi connectivity index (χ1v) is 9.47. The van der Waals surface area contributed by atoms with E-state index in [2.05, 4.69) is 9.80 Å². The molecule has 0 bridgehead atoms. The highest BCUT2D eigenvalue weighted by Gasteiger charge is 2.22. The van der Waals surface area contributed by atoms with Crippen molar-refractivity contribution in [1.82, 2.24) is 4.90 Å². The molecule has 1 aliphatic heterocycles. The van der Waals surface area contributed by atoms with Gasteiger partial charge in [0.15, 0.2) is 0 Å². The summed E-state index contributed by atoms with van der Waals surface area (Å²) in [5.41, 5.74) is 1.20. The Hall–Kier alpha value is -1.69. The van der Waals surface area contributed by atoms with Crippen LogP contribution in [0.1, 0.15) is 38.5 Å². The molecule has 2 fully saturated rings. The number of benzene rings is 1. The number of anilines is 1. The van der Waals surface area contributed by atoms with Gasteiger partial charge in [-0.1, -0.05) is 12.8 Å². The van der Waals surface area contributed by atoms with E-state index in [0.717, 1.165) is 76.9 Å². The number of alkyl halides is 1. The Morgan fingerprint density at radius 1 is 1.00 bits per heavy atom. The number of rotatable bonds is 4. The van der Waals surface area contributed by atoms with Crippen LogP contribution in [0, 0.1) is 16.0 Å². The molecule has 0 N–H and O–H groups in total. The molecule has 1 saturated heterocycles. The maximum Gasteiger partial charge on any atom is 0.269 e. The van der Waals surface area contributed by atoms with Crippen LogP contribution in [-0.2, 0) is 0 Å². The summed E-state index contributed by atoms with van der Waals surface area (Å²) in [6.45, 7) is 5.09. The van der Waals surface area contributed by atoms with Crippen molar-refractivity contribution < 1.29 is 9.31 Å². The third-order valence-electron chi connectivity index (χ3n) is 5.57. The molecule has 0 atom stereocenters. The van der Waals surface area contributed by atoms with Gasteiger partial charge in [0.2, 0.25) is 0 Å². The van der Waals surface area contributed by atoms with E-state index in [1.807, 2.05) is 12.1 Å². The minimum atomic E-state index is -0.578. The lowest BCUT2D eigenvalue weighted by molar-refractivity contribution is -0.384. The van der Waals surface area contributed by atoms with E-state index in [-0.39, 0.29) is 10.6 Å². The van der Waals surface area contributed by atoms with Gasteiger partial charge in [-0.2, -0.15) is 0 Å². The molecule has 0 radical (unpaired) electrons. The Morgan fingerprint density at radius 2 is 1.60 bits per heavy atom. The first-order chi connectivity index (χ1) is 12.1. The summed E-state index contributed by atoms with van der Waals surface area (Å²) < 4.78 is 13.4. The fourth-order valence-corrected chi connectivity index (χ4v) is 4.07. The Kier molecular flexibility index (Phi) is 6.24. The molecular formula is C19H28FN3O2. The predicted octanol–water partition coefficient (Wildman–Crippen LogP) is 4.03. The molecule has 6 heteroatoms. The third-order valence-corrected chi connectivity index (χ3v) is 5.57. The number of hydrogen-bond acceptors (Lipinski definition) is 4. The van der Waals surface area contributed by atoms with Crippen LogP contribution in [0.3, 0.4) is 0 Å². The van der Waals surface area contributed by atoms with Gasteiger partial charge < -0.3 is 4.90 Å². The fourth-order valence-electron chi connectivity index (χ4n) is 4.07. The fraction of sp³-hybridized carbons (Fsp3) is 0.684. The van der Waals surface area contributed by atoms with E-state index in [9.17, 15) is 14.5 Å². The second-order valence-corrected chi connectivity index (χ2v) is 7.39. The van der Waals surface area contributed by atoms with Crippen molar-refractivity contribution in [2.45, 2.75) is 44.7 Å². The number of halogens is 1. The Balaban J connectivity index is 1.46. The largest absolute Gasteiger partial charge is 0.369 e. The summed E-state index contributed by atoms with van der Waals surface area (Å²) in [7, 11) is 0. The number of nitro groups is 1. The highest BCUT2D eigenvalue weighted by atomic mass is 19.1. The van der Waals surface area contributed by atoms with Gasteiger partial charge in [0.05, 0.1) is 4.92 Å². The lowest BCUT2D eigenvalue weighted by atomic mass is 9.90. The van der Waals surface area contributed by atoms with Crippen LogP contribution >= 0.6 is 0 Å². The van der Waals surface area contributed by atoms with Gasteiger partial charge in [-0.15, -0.1) is 0 Å². The zero-order chi connectivity index (χ0) is 17.6. The standard InChI is InChI=1S/C19H28FN3O2/c20-17-5-1-3-16(4-2-6-17)15-21-11-13-22(14-12-21)18-7-9-19(10-8-18)23(24)25/h7-10,16-17H,1-6,11-15H2. The second-order valence-electron chi connectivity index (χ2n) is 7.39. The number of nitrogens with zero attached hydrogens (tertiary/aromatic N) is 3. The number of nitro benzene ring substituents is 1. The molecule has 1 aromatic carbocycles. The molecule has 138 valence electrons. The molecule has 0 amide bonds. The highest BCUT2D eigenvalue weighted by Crippen LogP contribution is 2.26. The van der Waals surface area contributed by atoms with Crippen LogP contribution in [0.2, 0.25) is 0 Å². The molecule has 1 aromatic rings. The summed E-state index contributed by atoms with van der Waals surface area (Å²) in [6, 6.07) is 6.84. The van der Waals surface area contributed by atoms with E-state index < -0.39 is 6.17 Å². The molecular weight excluding hydrogens is 321 g/mol. The van der Waals surface area contributed by atoms with Crippen molar-refractivity contribution in [1.29, 1.82) is 0 Å². The Bertz CT molecular complexity index is 548. The van der Waals surface area contributed by atoms with Gasteiger partial charge in [0.1, 0.15) is 6.17 Å². The van der Waals surface area contributed by atoms with Gasteiger partial charge in [0, 0.05) is 50.5 Å². The summed E-state index contributed by atoms with van der Waals surface area (Å²) in [5, 5.41) is 10.7. The van der Waals surface area contributed by atoms with Crippen molar-refractivity contribution in [3.63, 3.8) is 0 Å². The summed E-state index contributed by atoms with van der Waals surface area (Å²) in [5.74, 6) is 0.707. The maximum absolute atomic E-state index is 13.4. The lowest BCUT2D eigenvalue weighted by Gasteiger charge is -2.38. The normalized spacial score (nSPS) is 26.0. The van der Waals surface area contributed by atoms with E-state index in [1.165, 1.54) is 0 Å². The van der Waals surface area contributed by atoms with E-state index >= 15 is 0 Å². The summed E-state index contributed by atoms with van der Waals surface area (Å²) in [6.07, 6.45) is 5.26. The third kappa shape index (κ3) is 5.14. The summed E-state index contributed by atoms with van der Waals surface area (Å²) >= 11 is 0. The maximum atomic E-state index is 13.4. The van der Waals surface area contributed by atoms with Crippen LogP contribution in [0.5, 0.6) is 0 Å². The van der Waals surface area contributed by atoms with Crippen LogP contribution < -0.4 is 4.90 Å². The lowest BCUT2D eigenvalue weighted by Crippen LogP contribution is -2.47. The average Bonchev–Trinajstić information content (AvgIpc) is 2.60. The van der Waals surface area contributed by atoms with Gasteiger partial charge in [0.25, 0.3) is 5.69 Å². The molecule has 5 nitrogen and oxygen atoms in total. The molecule has 1 saturated carbocycles. The van der Waals surface area contributed by atoms with Gasteiger partial charge >= 0.3 is 0 Å². The topological polar surface area (TPSA) is 49.6 Å². The molecule has 0 unspecified atom stereocenters. The van der Waals surface area contributed by atoms with Gasteiger partial charge in [-0.3, -0.25) is 15.0 Å². The number of piperazine rings is 1. The zero-order valence-corrected chi connectivity index (χ0v) is 14.8. The number of hydrogen-bond donors (Lipinski definition) is 0. The minimum Gasteiger partial charge on any atom is -0.369 e. The molecule has 0 aromatic heterocycles. The first kappa shape index (κ1) is 18.1. The zero-order valence-electron chi connectivity index (χ0n) is 14.8. The molecule has 2 aliphatic rings. The summed E-state index contributed by atoms with van der Waals surface area (Å²) in [4.78, 5) is 15.2. The smallest absolute Gasteiger partial charge is 0.269 e. The number of non-ortho nitro benzene ring substituents is 1. The molecule has 25 heavy (non-hydrogen) atoms. The van der Waals surface area contributed by atoms with Crippen LogP contribution in [-0.4, -0.2) is 48.7 Å². The average molecular weight is 349 g/mol. The SMILES string of the molecule is O=[N+]([O-])c1ccc(N2CCN(CC3CCCC(F)CCC3)CC2)cc1. The quantitative estimate of drug-likeness (QED) is 0.608. The Labute approximate surface area is 149 Å². The van der Waals surface area contributed by atoms with Crippen LogP contribution in [0.4, 0.5) is 15.8 Å². The first-order valence-electron chi connectivity index (χ1n) is 9.47. The molecule has 1 heterocycles. The van der Waals surface area contributed by atoms with Crippen molar-refractivity contribution in [2.75, 3.05) is 37.6 Å². The van der Waals surface area contributed by atoms with E-state index in [1.54, 1.807) is 12.1 Å². The van der Waals surface area contributed by atoms with Gasteiger partial charge in [-0.25, -0.2) is 4.39 Å². The Morgan fingerprint density at radius 3 is 2.16 bits per heavy atom. The van der Waals surface area contributed by atoms with Crippen LogP contribution in [0.25, 0.3) is 0 Å². The van der Waals surface area contributed by atoms with Crippen molar-refractivity contribution >= 4 is 11.4 Å². The molecule has 0 spiro atoms. The van der Waals surface area contributed by atoms with Crippen molar-refractivity contribution in [3.05, 3.63) is 34.4 Å². The monoisotopic (exact) mass is 349 g/mol. The van der Waals surface area contributed by atoms with E-state index in [4.69, 9.17) is 0 Å². The molecule has 1 aliphatic carbocycles. The van der Waals surface area contributed by atoms with Crippen molar-refractivity contribution in [2.24, 2.45) is 5.92 Å².